The molecule has 1 fully saturated rings. The van der Waals surface area contributed by atoms with Crippen molar-refractivity contribution >= 4 is 17.2 Å². The minimum atomic E-state index is -0.0968. The third kappa shape index (κ3) is 2.79. The normalized spacial score (nSPS) is 19.1. The maximum Gasteiger partial charge on any atom is 0.260 e. The van der Waals surface area contributed by atoms with Gasteiger partial charge in [-0.1, -0.05) is 12.2 Å². The van der Waals surface area contributed by atoms with Crippen LogP contribution in [-0.2, 0) is 11.3 Å². The topological polar surface area (TPSA) is 57.2 Å². The molecule has 2 N–H and O–H groups in total. The quantitative estimate of drug-likeness (QED) is 0.836. The van der Waals surface area contributed by atoms with Crippen molar-refractivity contribution in [3.05, 3.63) is 33.7 Å². The number of thiocarbonyl (C=S) groups is 1. The first-order valence-electron chi connectivity index (χ1n) is 6.21. The summed E-state index contributed by atoms with van der Waals surface area (Å²) in [5, 5.41) is 0. The van der Waals surface area contributed by atoms with E-state index in [0.717, 1.165) is 31.6 Å². The summed E-state index contributed by atoms with van der Waals surface area (Å²) in [6, 6.07) is 3.58. The van der Waals surface area contributed by atoms with Crippen LogP contribution in [0.2, 0.25) is 0 Å². The van der Waals surface area contributed by atoms with Crippen LogP contribution in [-0.4, -0.2) is 22.3 Å². The number of pyridine rings is 1. The molecule has 0 radical (unpaired) electrons. The van der Waals surface area contributed by atoms with Crippen LogP contribution in [0.5, 0.6) is 0 Å². The van der Waals surface area contributed by atoms with Crippen LogP contribution in [0.1, 0.15) is 30.5 Å². The van der Waals surface area contributed by atoms with Gasteiger partial charge in [-0.25, -0.2) is 0 Å². The van der Waals surface area contributed by atoms with Crippen molar-refractivity contribution in [3.63, 3.8) is 0 Å². The summed E-state index contributed by atoms with van der Waals surface area (Å²) < 4.78 is 7.30. The molecule has 2 heterocycles. The molecule has 98 valence electrons. The van der Waals surface area contributed by atoms with Gasteiger partial charge in [0.2, 0.25) is 0 Å². The number of hydrogen-bond donors (Lipinski definition) is 1. The highest BCUT2D eigenvalue weighted by Crippen LogP contribution is 2.16. The van der Waals surface area contributed by atoms with E-state index in [1.165, 1.54) is 0 Å². The molecular weight excluding hydrogens is 248 g/mol. The summed E-state index contributed by atoms with van der Waals surface area (Å²) in [4.78, 5) is 12.3. The molecule has 1 unspecified atom stereocenters. The molecule has 1 aromatic heterocycles. The standard InChI is InChI=1S/C13H18N2O2S/c1-9-4-5-11(12(14)18)13(16)15(9)7-6-10-3-2-8-17-10/h4-5,10H,2-3,6-8H2,1H3,(H2,14,18). The first kappa shape index (κ1) is 13.2. The Hall–Kier alpha value is -1.20. The van der Waals surface area contributed by atoms with E-state index in [9.17, 15) is 4.79 Å². The Labute approximate surface area is 112 Å². The predicted molar refractivity (Wildman–Crippen MR) is 74.9 cm³/mol. The average Bonchev–Trinajstić information content (AvgIpc) is 2.81. The summed E-state index contributed by atoms with van der Waals surface area (Å²) >= 11 is 4.88. The van der Waals surface area contributed by atoms with E-state index in [1.807, 2.05) is 13.0 Å². The van der Waals surface area contributed by atoms with Crippen molar-refractivity contribution in [2.45, 2.75) is 38.8 Å². The van der Waals surface area contributed by atoms with Crippen molar-refractivity contribution in [1.82, 2.24) is 4.57 Å². The van der Waals surface area contributed by atoms with Crippen molar-refractivity contribution < 1.29 is 4.74 Å². The second-order valence-electron chi connectivity index (χ2n) is 4.63. The summed E-state index contributed by atoms with van der Waals surface area (Å²) in [5.41, 5.74) is 6.80. The van der Waals surface area contributed by atoms with Gasteiger partial charge in [-0.3, -0.25) is 4.79 Å². The fraction of sp³-hybridized carbons (Fsp3) is 0.538. The van der Waals surface area contributed by atoms with E-state index in [4.69, 9.17) is 22.7 Å². The van der Waals surface area contributed by atoms with Gasteiger partial charge in [-0.2, -0.15) is 0 Å². The lowest BCUT2D eigenvalue weighted by molar-refractivity contribution is 0.0999. The van der Waals surface area contributed by atoms with Crippen LogP contribution in [0.3, 0.4) is 0 Å². The highest BCUT2D eigenvalue weighted by molar-refractivity contribution is 7.80. The lowest BCUT2D eigenvalue weighted by Crippen LogP contribution is -2.31. The van der Waals surface area contributed by atoms with Crippen LogP contribution in [0.4, 0.5) is 0 Å². The zero-order chi connectivity index (χ0) is 13.1. The van der Waals surface area contributed by atoms with E-state index < -0.39 is 0 Å². The summed E-state index contributed by atoms with van der Waals surface area (Å²) in [5.74, 6) is 0. The lowest BCUT2D eigenvalue weighted by atomic mass is 10.1. The maximum atomic E-state index is 12.2. The van der Waals surface area contributed by atoms with Crippen LogP contribution in [0.15, 0.2) is 16.9 Å². The summed E-state index contributed by atoms with van der Waals surface area (Å²) in [6.45, 7) is 3.41. The second-order valence-corrected chi connectivity index (χ2v) is 5.07. The van der Waals surface area contributed by atoms with Gasteiger partial charge in [0.25, 0.3) is 5.56 Å². The molecule has 0 spiro atoms. The van der Waals surface area contributed by atoms with Crippen LogP contribution < -0.4 is 11.3 Å². The molecule has 0 saturated carbocycles. The third-order valence-electron chi connectivity index (χ3n) is 3.36. The highest BCUT2D eigenvalue weighted by Gasteiger charge is 2.16. The van der Waals surface area contributed by atoms with E-state index in [0.29, 0.717) is 12.1 Å². The molecule has 1 saturated heterocycles. The van der Waals surface area contributed by atoms with Crippen LogP contribution in [0.25, 0.3) is 0 Å². The molecule has 0 aliphatic carbocycles. The molecule has 1 aromatic rings. The zero-order valence-corrected chi connectivity index (χ0v) is 11.3. The molecular formula is C13H18N2O2S. The van der Waals surface area contributed by atoms with Crippen molar-refractivity contribution in [1.29, 1.82) is 0 Å². The molecule has 1 aliphatic rings. The number of hydrogen-bond acceptors (Lipinski definition) is 3. The van der Waals surface area contributed by atoms with Gasteiger partial charge in [-0.15, -0.1) is 0 Å². The SMILES string of the molecule is Cc1ccc(C(N)=S)c(=O)n1CCC1CCCO1. The van der Waals surface area contributed by atoms with Gasteiger partial charge < -0.3 is 15.0 Å². The van der Waals surface area contributed by atoms with E-state index in [1.54, 1.807) is 10.6 Å². The number of aryl methyl sites for hydroxylation is 1. The Kier molecular flexibility index (Phi) is 4.14. The first-order valence-corrected chi connectivity index (χ1v) is 6.62. The van der Waals surface area contributed by atoms with Gasteiger partial charge in [0.1, 0.15) is 4.99 Å². The number of ether oxygens (including phenoxy) is 1. The molecule has 0 bridgehead atoms. The van der Waals surface area contributed by atoms with E-state index >= 15 is 0 Å². The minimum Gasteiger partial charge on any atom is -0.389 e. The van der Waals surface area contributed by atoms with Gasteiger partial charge in [0.05, 0.1) is 11.7 Å². The fourth-order valence-corrected chi connectivity index (χ4v) is 2.44. The number of nitrogens with two attached hydrogens (primary N) is 1. The molecule has 1 aliphatic heterocycles. The molecule has 2 rings (SSSR count). The Morgan fingerprint density at radius 2 is 2.39 bits per heavy atom. The first-order chi connectivity index (χ1) is 8.59. The zero-order valence-electron chi connectivity index (χ0n) is 10.5. The van der Waals surface area contributed by atoms with Crippen molar-refractivity contribution in [2.75, 3.05) is 6.61 Å². The molecule has 5 heteroatoms. The summed E-state index contributed by atoms with van der Waals surface area (Å²) in [6.07, 6.45) is 3.35. The largest absolute Gasteiger partial charge is 0.389 e. The van der Waals surface area contributed by atoms with Gasteiger partial charge in [0, 0.05) is 18.8 Å². The van der Waals surface area contributed by atoms with Crippen molar-refractivity contribution in [2.24, 2.45) is 5.73 Å². The highest BCUT2D eigenvalue weighted by atomic mass is 32.1. The second kappa shape index (κ2) is 5.63. The van der Waals surface area contributed by atoms with Crippen molar-refractivity contribution in [3.8, 4) is 0 Å². The van der Waals surface area contributed by atoms with Gasteiger partial charge in [0.15, 0.2) is 0 Å². The van der Waals surface area contributed by atoms with Gasteiger partial charge >= 0.3 is 0 Å². The maximum absolute atomic E-state index is 12.2. The number of aromatic nitrogens is 1. The Balaban J connectivity index is 2.18. The average molecular weight is 266 g/mol. The Morgan fingerprint density at radius 1 is 1.61 bits per heavy atom. The van der Waals surface area contributed by atoms with Gasteiger partial charge in [-0.05, 0) is 38.3 Å². The molecule has 1 atom stereocenters. The lowest BCUT2D eigenvalue weighted by Gasteiger charge is -2.14. The van der Waals surface area contributed by atoms with E-state index in [2.05, 4.69) is 0 Å². The van der Waals surface area contributed by atoms with Crippen LogP contribution in [0, 0.1) is 6.92 Å². The monoisotopic (exact) mass is 266 g/mol. The number of nitrogens with zero attached hydrogens (tertiary/aromatic N) is 1. The molecule has 0 aromatic carbocycles. The minimum absolute atomic E-state index is 0.0968. The number of rotatable bonds is 4. The Bertz CT molecular complexity index is 504. The molecule has 18 heavy (non-hydrogen) atoms. The van der Waals surface area contributed by atoms with E-state index in [-0.39, 0.29) is 16.7 Å². The smallest absolute Gasteiger partial charge is 0.260 e. The fourth-order valence-electron chi connectivity index (χ4n) is 2.28. The molecule has 4 nitrogen and oxygen atoms in total. The summed E-state index contributed by atoms with van der Waals surface area (Å²) in [7, 11) is 0. The molecule has 0 amide bonds. The van der Waals surface area contributed by atoms with Crippen LogP contribution >= 0.6 is 12.2 Å². The third-order valence-corrected chi connectivity index (χ3v) is 3.58. The Morgan fingerprint density at radius 3 is 3.00 bits per heavy atom. The predicted octanol–water partition coefficient (Wildman–Crippen LogP) is 1.36.